The Morgan fingerprint density at radius 1 is 1.12 bits per heavy atom. The number of carboxylic acid groups (broad SMARTS) is 1. The summed E-state index contributed by atoms with van der Waals surface area (Å²) >= 11 is 0. The fourth-order valence-electron chi connectivity index (χ4n) is 2.87. The number of benzene rings is 2. The summed E-state index contributed by atoms with van der Waals surface area (Å²) in [7, 11) is 0. The molecule has 26 heavy (non-hydrogen) atoms. The first-order valence-corrected chi connectivity index (χ1v) is 8.12. The lowest BCUT2D eigenvalue weighted by Crippen LogP contribution is -2.19. The molecule has 0 fully saturated rings. The number of pyridine rings is 1. The van der Waals surface area contributed by atoms with Crippen molar-refractivity contribution in [2.45, 2.75) is 26.3 Å². The van der Waals surface area contributed by atoms with Crippen LogP contribution in [0.25, 0.3) is 10.9 Å². The van der Waals surface area contributed by atoms with Crippen LogP contribution in [-0.2, 0) is 6.54 Å². The predicted molar refractivity (Wildman–Crippen MR) is 94.7 cm³/mol. The summed E-state index contributed by atoms with van der Waals surface area (Å²) in [5.41, 5.74) is 0.824. The van der Waals surface area contributed by atoms with Gasteiger partial charge in [0, 0.05) is 24.2 Å². The topological polar surface area (TPSA) is 59.3 Å². The van der Waals surface area contributed by atoms with Crippen LogP contribution in [0.4, 0.5) is 8.78 Å². The van der Waals surface area contributed by atoms with Crippen molar-refractivity contribution >= 4 is 16.9 Å². The van der Waals surface area contributed by atoms with E-state index in [1.807, 2.05) is 24.3 Å². The normalized spacial score (nSPS) is 11.3. The van der Waals surface area contributed by atoms with Crippen LogP contribution in [0.15, 0.2) is 47.4 Å². The number of aromatic carboxylic acids is 1. The highest BCUT2D eigenvalue weighted by Crippen LogP contribution is 2.20. The Labute approximate surface area is 148 Å². The van der Waals surface area contributed by atoms with Gasteiger partial charge in [-0.3, -0.25) is 4.79 Å². The molecular weight excluding hydrogens is 340 g/mol. The first-order chi connectivity index (χ1) is 12.3. The molecule has 0 saturated carbocycles. The maximum atomic E-state index is 13.7. The molecule has 0 aliphatic rings. The minimum absolute atomic E-state index is 0.145. The van der Waals surface area contributed by atoms with Crippen molar-refractivity contribution in [2.75, 3.05) is 0 Å². The van der Waals surface area contributed by atoms with Crippen molar-refractivity contribution < 1.29 is 18.7 Å². The predicted octanol–water partition coefficient (Wildman–Crippen LogP) is 4.15. The zero-order chi connectivity index (χ0) is 19.0. The molecule has 0 radical (unpaired) electrons. The number of rotatable bonds is 4. The summed E-state index contributed by atoms with van der Waals surface area (Å²) in [5, 5.41) is 9.09. The molecule has 6 heteroatoms. The average Bonchev–Trinajstić information content (AvgIpc) is 2.59. The van der Waals surface area contributed by atoms with Gasteiger partial charge >= 0.3 is 5.97 Å². The molecule has 3 rings (SSSR count). The third-order valence-corrected chi connectivity index (χ3v) is 4.35. The molecule has 0 aliphatic carbocycles. The maximum absolute atomic E-state index is 13.7. The monoisotopic (exact) mass is 357 g/mol. The number of halogens is 2. The summed E-state index contributed by atoms with van der Waals surface area (Å²) in [4.78, 5) is 23.6. The van der Waals surface area contributed by atoms with Gasteiger partial charge in [-0.05, 0) is 23.1 Å². The molecule has 4 nitrogen and oxygen atoms in total. The Morgan fingerprint density at radius 3 is 2.31 bits per heavy atom. The highest BCUT2D eigenvalue weighted by atomic mass is 19.2. The molecule has 0 bridgehead atoms. The SMILES string of the molecule is CC(C)c1ccc(Cn2cc(C(=O)O)c(=O)c3cc(F)c(F)cc32)cc1. The number of hydrogen-bond donors (Lipinski definition) is 1. The Bertz CT molecular complexity index is 1050. The van der Waals surface area contributed by atoms with Gasteiger partial charge in [0.1, 0.15) is 5.56 Å². The van der Waals surface area contributed by atoms with Gasteiger partial charge in [0.05, 0.1) is 5.52 Å². The van der Waals surface area contributed by atoms with E-state index in [4.69, 9.17) is 0 Å². The Kier molecular flexibility index (Phi) is 4.59. The standard InChI is InChI=1S/C20H17F2NO3/c1-11(2)13-5-3-12(4-6-13)9-23-10-15(20(25)26)19(24)14-7-16(21)17(22)8-18(14)23/h3-8,10-11H,9H2,1-2H3,(H,25,26). The van der Waals surface area contributed by atoms with Crippen LogP contribution in [0.3, 0.4) is 0 Å². The van der Waals surface area contributed by atoms with E-state index < -0.39 is 28.6 Å². The minimum atomic E-state index is -1.41. The summed E-state index contributed by atoms with van der Waals surface area (Å²) < 4.78 is 28.7. The third-order valence-electron chi connectivity index (χ3n) is 4.35. The third kappa shape index (κ3) is 3.22. The van der Waals surface area contributed by atoms with Crippen LogP contribution in [0.1, 0.15) is 41.3 Å². The number of aromatic nitrogens is 1. The van der Waals surface area contributed by atoms with E-state index in [0.717, 1.165) is 23.3 Å². The molecule has 3 aromatic rings. The van der Waals surface area contributed by atoms with E-state index in [1.54, 1.807) is 0 Å². The van der Waals surface area contributed by atoms with Gasteiger partial charge < -0.3 is 9.67 Å². The molecule has 1 heterocycles. The molecule has 0 atom stereocenters. The van der Waals surface area contributed by atoms with Crippen molar-refractivity contribution in [1.29, 1.82) is 0 Å². The van der Waals surface area contributed by atoms with Crippen LogP contribution in [0.2, 0.25) is 0 Å². The second-order valence-corrected chi connectivity index (χ2v) is 6.48. The lowest BCUT2D eigenvalue weighted by Gasteiger charge is -2.14. The molecule has 0 saturated heterocycles. The van der Waals surface area contributed by atoms with Gasteiger partial charge in [-0.15, -0.1) is 0 Å². The van der Waals surface area contributed by atoms with Gasteiger partial charge in [-0.2, -0.15) is 0 Å². The smallest absolute Gasteiger partial charge is 0.341 e. The van der Waals surface area contributed by atoms with E-state index in [0.29, 0.717) is 5.92 Å². The van der Waals surface area contributed by atoms with Crippen molar-refractivity contribution in [3.63, 3.8) is 0 Å². The first kappa shape index (κ1) is 17.8. The second kappa shape index (κ2) is 6.71. The van der Waals surface area contributed by atoms with Crippen LogP contribution < -0.4 is 5.43 Å². The van der Waals surface area contributed by atoms with Gasteiger partial charge in [-0.25, -0.2) is 13.6 Å². The fourth-order valence-corrected chi connectivity index (χ4v) is 2.87. The average molecular weight is 357 g/mol. The van der Waals surface area contributed by atoms with E-state index in [9.17, 15) is 23.5 Å². The Balaban J connectivity index is 2.17. The molecule has 0 unspecified atom stereocenters. The summed E-state index contributed by atoms with van der Waals surface area (Å²) in [6.45, 7) is 4.36. The van der Waals surface area contributed by atoms with E-state index in [1.165, 1.54) is 10.8 Å². The zero-order valence-corrected chi connectivity index (χ0v) is 14.3. The number of fused-ring (bicyclic) bond motifs is 1. The van der Waals surface area contributed by atoms with E-state index >= 15 is 0 Å². The van der Waals surface area contributed by atoms with Crippen LogP contribution in [-0.4, -0.2) is 15.6 Å². The van der Waals surface area contributed by atoms with Gasteiger partial charge in [0.2, 0.25) is 5.43 Å². The van der Waals surface area contributed by atoms with E-state index in [-0.39, 0.29) is 17.4 Å². The van der Waals surface area contributed by atoms with Crippen molar-refractivity contribution in [2.24, 2.45) is 0 Å². The Morgan fingerprint density at radius 2 is 1.73 bits per heavy atom. The minimum Gasteiger partial charge on any atom is -0.477 e. The molecular formula is C20H17F2NO3. The van der Waals surface area contributed by atoms with Crippen LogP contribution in [0.5, 0.6) is 0 Å². The summed E-state index contributed by atoms with van der Waals surface area (Å²) in [5.74, 6) is -3.33. The first-order valence-electron chi connectivity index (χ1n) is 8.12. The van der Waals surface area contributed by atoms with Gasteiger partial charge in [0.25, 0.3) is 0 Å². The fraction of sp³-hybridized carbons (Fsp3) is 0.200. The second-order valence-electron chi connectivity index (χ2n) is 6.48. The number of carbonyl (C=O) groups is 1. The molecule has 1 N–H and O–H groups in total. The number of carboxylic acids is 1. The lowest BCUT2D eigenvalue weighted by molar-refractivity contribution is 0.0695. The molecule has 0 aliphatic heterocycles. The van der Waals surface area contributed by atoms with Gasteiger partial charge in [-0.1, -0.05) is 38.1 Å². The lowest BCUT2D eigenvalue weighted by atomic mass is 10.0. The highest BCUT2D eigenvalue weighted by Gasteiger charge is 2.17. The van der Waals surface area contributed by atoms with Crippen molar-refractivity contribution in [1.82, 2.24) is 4.57 Å². The zero-order valence-electron chi connectivity index (χ0n) is 14.3. The molecule has 134 valence electrons. The maximum Gasteiger partial charge on any atom is 0.341 e. The molecule has 1 aromatic heterocycles. The molecule has 0 spiro atoms. The number of hydrogen-bond acceptors (Lipinski definition) is 2. The molecule has 0 amide bonds. The number of nitrogens with zero attached hydrogens (tertiary/aromatic N) is 1. The summed E-state index contributed by atoms with van der Waals surface area (Å²) in [6, 6.07) is 9.36. The van der Waals surface area contributed by atoms with Crippen molar-refractivity contribution in [3.05, 3.63) is 81.1 Å². The largest absolute Gasteiger partial charge is 0.477 e. The quantitative estimate of drug-likeness (QED) is 0.763. The molecule has 2 aromatic carbocycles. The van der Waals surface area contributed by atoms with Crippen LogP contribution in [0, 0.1) is 11.6 Å². The Hall–Kier alpha value is -3.02. The summed E-state index contributed by atoms with van der Waals surface area (Å²) in [6.07, 6.45) is 1.17. The highest BCUT2D eigenvalue weighted by molar-refractivity contribution is 5.92. The van der Waals surface area contributed by atoms with E-state index in [2.05, 4.69) is 13.8 Å². The van der Waals surface area contributed by atoms with Crippen LogP contribution >= 0.6 is 0 Å². The van der Waals surface area contributed by atoms with Crippen molar-refractivity contribution in [3.8, 4) is 0 Å². The van der Waals surface area contributed by atoms with Gasteiger partial charge in [0.15, 0.2) is 11.6 Å².